The molecule has 1 heterocycles. The molecule has 0 aliphatic carbocycles. The standard InChI is InChI=1S/C11H14F3N3O3S2/c1-21-3-2-9(15)10(18)17-22(19,20)8-4-7(5-16-6-8)11(12,13)14/h4-6,9H,2-3,15H2,1H3,(H,17,18)/t9-/m0/s1. The van der Waals surface area contributed by atoms with Gasteiger partial charge in [-0.25, -0.2) is 13.1 Å². The van der Waals surface area contributed by atoms with Gasteiger partial charge in [0, 0.05) is 12.4 Å². The lowest BCUT2D eigenvalue weighted by atomic mass is 10.2. The Labute approximate surface area is 129 Å². The highest BCUT2D eigenvalue weighted by atomic mass is 32.2. The van der Waals surface area contributed by atoms with Crippen molar-refractivity contribution in [3.8, 4) is 0 Å². The number of pyridine rings is 1. The topological polar surface area (TPSA) is 102 Å². The number of thioether (sulfide) groups is 1. The van der Waals surface area contributed by atoms with Crippen LogP contribution in [0.3, 0.4) is 0 Å². The van der Waals surface area contributed by atoms with Crippen molar-refractivity contribution >= 4 is 27.7 Å². The number of sulfonamides is 1. The fourth-order valence-corrected chi connectivity index (χ4v) is 2.87. The van der Waals surface area contributed by atoms with E-state index in [0.29, 0.717) is 18.0 Å². The molecule has 0 unspecified atom stereocenters. The average molecular weight is 357 g/mol. The second kappa shape index (κ2) is 7.29. The summed E-state index contributed by atoms with van der Waals surface area (Å²) in [7, 11) is -4.46. The number of nitrogens with one attached hydrogen (secondary N) is 1. The maximum absolute atomic E-state index is 12.5. The predicted octanol–water partition coefficient (Wildman–Crippen LogP) is 0.986. The molecule has 0 spiro atoms. The van der Waals surface area contributed by atoms with Crippen molar-refractivity contribution in [1.29, 1.82) is 0 Å². The molecule has 3 N–H and O–H groups in total. The van der Waals surface area contributed by atoms with Gasteiger partial charge >= 0.3 is 6.18 Å². The second-order valence-corrected chi connectivity index (χ2v) is 6.93. The van der Waals surface area contributed by atoms with Crippen LogP contribution in [-0.2, 0) is 21.0 Å². The summed E-state index contributed by atoms with van der Waals surface area (Å²) in [6.07, 6.45) is -1.50. The van der Waals surface area contributed by atoms with Crippen molar-refractivity contribution in [2.45, 2.75) is 23.5 Å². The van der Waals surface area contributed by atoms with Crippen LogP contribution in [0.4, 0.5) is 13.2 Å². The van der Waals surface area contributed by atoms with Gasteiger partial charge in [-0.05, 0) is 24.5 Å². The first kappa shape index (κ1) is 18.7. The van der Waals surface area contributed by atoms with Crippen LogP contribution >= 0.6 is 11.8 Å². The summed E-state index contributed by atoms with van der Waals surface area (Å²) < 4.78 is 63.1. The van der Waals surface area contributed by atoms with Crippen molar-refractivity contribution in [2.24, 2.45) is 5.73 Å². The highest BCUT2D eigenvalue weighted by Gasteiger charge is 2.32. The number of carbonyl (C=O) groups excluding carboxylic acids is 1. The Hall–Kier alpha value is -1.33. The molecule has 0 radical (unpaired) electrons. The van der Waals surface area contributed by atoms with Crippen LogP contribution in [0.1, 0.15) is 12.0 Å². The lowest BCUT2D eigenvalue weighted by molar-refractivity contribution is -0.138. The maximum atomic E-state index is 12.5. The number of halogens is 3. The van der Waals surface area contributed by atoms with Gasteiger partial charge in [-0.1, -0.05) is 0 Å². The number of aromatic nitrogens is 1. The third kappa shape index (κ3) is 5.14. The van der Waals surface area contributed by atoms with Crippen molar-refractivity contribution in [3.05, 3.63) is 24.0 Å². The highest BCUT2D eigenvalue weighted by molar-refractivity contribution is 7.98. The van der Waals surface area contributed by atoms with Crippen LogP contribution in [0.2, 0.25) is 0 Å². The average Bonchev–Trinajstić information content (AvgIpc) is 2.43. The van der Waals surface area contributed by atoms with Crippen LogP contribution in [0.15, 0.2) is 23.4 Å². The molecule has 0 aromatic carbocycles. The molecule has 11 heteroatoms. The zero-order valence-electron chi connectivity index (χ0n) is 11.4. The third-order valence-electron chi connectivity index (χ3n) is 2.56. The number of nitrogens with two attached hydrogens (primary N) is 1. The minimum atomic E-state index is -4.74. The van der Waals surface area contributed by atoms with E-state index in [2.05, 4.69) is 4.98 Å². The molecule has 0 aliphatic rings. The number of amides is 1. The summed E-state index contributed by atoms with van der Waals surface area (Å²) in [6, 6.07) is -0.670. The molecule has 0 bridgehead atoms. The van der Waals surface area contributed by atoms with Crippen LogP contribution in [0, 0.1) is 0 Å². The molecule has 0 saturated heterocycles. The predicted molar refractivity (Wildman–Crippen MR) is 75.5 cm³/mol. The molecule has 1 aromatic rings. The van der Waals surface area contributed by atoms with E-state index < -0.39 is 38.6 Å². The lowest BCUT2D eigenvalue weighted by Crippen LogP contribution is -2.43. The minimum absolute atomic E-state index is 0.239. The third-order valence-corrected chi connectivity index (χ3v) is 4.51. The van der Waals surface area contributed by atoms with Gasteiger partial charge in [0.1, 0.15) is 4.90 Å². The second-order valence-electron chi connectivity index (χ2n) is 4.26. The van der Waals surface area contributed by atoms with E-state index in [4.69, 9.17) is 5.73 Å². The summed E-state index contributed by atoms with van der Waals surface area (Å²) in [5.41, 5.74) is 4.27. The normalized spacial score (nSPS) is 13.7. The summed E-state index contributed by atoms with van der Waals surface area (Å²) in [5, 5.41) is 0. The summed E-state index contributed by atoms with van der Waals surface area (Å²) >= 11 is 1.42. The largest absolute Gasteiger partial charge is 0.417 e. The Kier molecular flexibility index (Phi) is 6.20. The Morgan fingerprint density at radius 3 is 2.64 bits per heavy atom. The zero-order chi connectivity index (χ0) is 17.0. The van der Waals surface area contributed by atoms with Crippen LogP contribution in [0.25, 0.3) is 0 Å². The molecule has 0 fully saturated rings. The number of carbonyl (C=O) groups is 1. The van der Waals surface area contributed by atoms with Gasteiger partial charge in [-0.3, -0.25) is 9.78 Å². The Morgan fingerprint density at radius 1 is 1.45 bits per heavy atom. The van der Waals surface area contributed by atoms with E-state index in [1.54, 1.807) is 11.0 Å². The molecule has 6 nitrogen and oxygen atoms in total. The molecular weight excluding hydrogens is 343 g/mol. The number of alkyl halides is 3. The van der Waals surface area contributed by atoms with E-state index in [-0.39, 0.29) is 6.42 Å². The van der Waals surface area contributed by atoms with Crippen LogP contribution in [-0.4, -0.2) is 37.4 Å². The van der Waals surface area contributed by atoms with Gasteiger partial charge in [0.25, 0.3) is 15.9 Å². The number of rotatable bonds is 6. The molecular formula is C11H14F3N3O3S2. The fourth-order valence-electron chi connectivity index (χ4n) is 1.36. The Bertz CT molecular complexity index is 635. The van der Waals surface area contributed by atoms with Crippen molar-refractivity contribution in [1.82, 2.24) is 9.71 Å². The van der Waals surface area contributed by atoms with Crippen LogP contribution < -0.4 is 10.5 Å². The molecule has 1 atom stereocenters. The fraction of sp³-hybridized carbons (Fsp3) is 0.455. The number of hydrogen-bond acceptors (Lipinski definition) is 6. The molecule has 1 rings (SSSR count). The van der Waals surface area contributed by atoms with Crippen molar-refractivity contribution in [3.63, 3.8) is 0 Å². The highest BCUT2D eigenvalue weighted by Crippen LogP contribution is 2.29. The van der Waals surface area contributed by atoms with Crippen LogP contribution in [0.5, 0.6) is 0 Å². The van der Waals surface area contributed by atoms with E-state index >= 15 is 0 Å². The summed E-state index contributed by atoms with van der Waals surface area (Å²) in [5.74, 6) is -0.439. The molecule has 124 valence electrons. The lowest BCUT2D eigenvalue weighted by Gasteiger charge is -2.13. The summed E-state index contributed by atoms with van der Waals surface area (Å²) in [4.78, 5) is 14.1. The number of hydrogen-bond donors (Lipinski definition) is 2. The molecule has 1 amide bonds. The van der Waals surface area contributed by atoms with E-state index in [1.165, 1.54) is 11.8 Å². The molecule has 0 saturated carbocycles. The van der Waals surface area contributed by atoms with Gasteiger partial charge in [0.2, 0.25) is 0 Å². The summed E-state index contributed by atoms with van der Waals surface area (Å²) in [6.45, 7) is 0. The molecule has 1 aromatic heterocycles. The Balaban J connectivity index is 2.93. The quantitative estimate of drug-likeness (QED) is 0.787. The zero-order valence-corrected chi connectivity index (χ0v) is 13.1. The van der Waals surface area contributed by atoms with Gasteiger partial charge in [-0.15, -0.1) is 0 Å². The molecule has 0 aliphatic heterocycles. The SMILES string of the molecule is CSCC[C@H](N)C(=O)NS(=O)(=O)c1cncc(C(F)(F)F)c1. The molecule has 22 heavy (non-hydrogen) atoms. The first-order valence-corrected chi connectivity index (χ1v) is 8.79. The van der Waals surface area contributed by atoms with E-state index in [0.717, 1.165) is 6.20 Å². The van der Waals surface area contributed by atoms with Gasteiger partial charge < -0.3 is 5.73 Å². The first-order valence-electron chi connectivity index (χ1n) is 5.91. The van der Waals surface area contributed by atoms with E-state index in [1.807, 2.05) is 0 Å². The number of nitrogens with zero attached hydrogens (tertiary/aromatic N) is 1. The van der Waals surface area contributed by atoms with Crippen molar-refractivity contribution < 1.29 is 26.4 Å². The first-order chi connectivity index (χ1) is 10.1. The minimum Gasteiger partial charge on any atom is -0.320 e. The van der Waals surface area contributed by atoms with Crippen molar-refractivity contribution in [2.75, 3.05) is 12.0 Å². The Morgan fingerprint density at radius 2 is 2.09 bits per heavy atom. The maximum Gasteiger partial charge on any atom is 0.417 e. The monoisotopic (exact) mass is 357 g/mol. The van der Waals surface area contributed by atoms with E-state index in [9.17, 15) is 26.4 Å². The van der Waals surface area contributed by atoms with Gasteiger partial charge in [0.15, 0.2) is 0 Å². The van der Waals surface area contributed by atoms with Gasteiger partial charge in [0.05, 0.1) is 11.6 Å². The van der Waals surface area contributed by atoms with Gasteiger partial charge in [-0.2, -0.15) is 24.9 Å². The smallest absolute Gasteiger partial charge is 0.320 e.